The molecule has 0 aliphatic heterocycles. The second-order valence-corrected chi connectivity index (χ2v) is 11.2. The first-order valence-corrected chi connectivity index (χ1v) is 13.9. The van der Waals surface area contributed by atoms with Crippen molar-refractivity contribution >= 4 is 11.9 Å². The van der Waals surface area contributed by atoms with Crippen molar-refractivity contribution in [2.45, 2.75) is 85.2 Å². The Morgan fingerprint density at radius 3 is 1.77 bits per heavy atom. The van der Waals surface area contributed by atoms with Gasteiger partial charge in [0.2, 0.25) is 0 Å². The molecule has 0 heterocycles. The van der Waals surface area contributed by atoms with Crippen LogP contribution in [0.2, 0.25) is 0 Å². The minimum absolute atomic E-state index is 0.212. The van der Waals surface area contributed by atoms with Crippen molar-refractivity contribution in [2.24, 2.45) is 5.41 Å². The van der Waals surface area contributed by atoms with Gasteiger partial charge >= 0.3 is 11.9 Å². The minimum Gasteiger partial charge on any atom is -0.481 e. The Bertz CT molecular complexity index is 1140. The molecule has 0 aromatic heterocycles. The lowest BCUT2D eigenvalue weighted by Gasteiger charge is -2.32. The SMILES string of the molecule is C=CC(C)(CCC=C(C)C)C(C(=O)O)c1ccccc1.C=CC(C)(CCC=C(C)C)OC(=O)Cc1ccccc1. The number of rotatable bonds is 14. The number of hydrogen-bond donors (Lipinski definition) is 1. The van der Waals surface area contributed by atoms with Crippen LogP contribution in [0.15, 0.2) is 109 Å². The number of allylic oxidation sites excluding steroid dienone is 5. The van der Waals surface area contributed by atoms with Crippen LogP contribution >= 0.6 is 0 Å². The van der Waals surface area contributed by atoms with Gasteiger partial charge in [-0.15, -0.1) is 6.58 Å². The Morgan fingerprint density at radius 2 is 1.32 bits per heavy atom. The number of esters is 1. The van der Waals surface area contributed by atoms with Gasteiger partial charge in [-0.1, -0.05) is 104 Å². The number of ether oxygens (including phenoxy) is 1. The van der Waals surface area contributed by atoms with Gasteiger partial charge in [0.15, 0.2) is 0 Å². The van der Waals surface area contributed by atoms with Crippen LogP contribution in [0.3, 0.4) is 0 Å². The average Bonchev–Trinajstić information content (AvgIpc) is 2.89. The molecule has 0 radical (unpaired) electrons. The molecule has 0 fully saturated rings. The number of carbonyl (C=O) groups excluding carboxylic acids is 1. The molecule has 0 saturated carbocycles. The highest BCUT2D eigenvalue weighted by Gasteiger charge is 2.37. The number of carboxylic acid groups (broad SMARTS) is 1. The summed E-state index contributed by atoms with van der Waals surface area (Å²) < 4.78 is 5.59. The molecule has 1 N–H and O–H groups in total. The first-order chi connectivity index (χ1) is 18.9. The lowest BCUT2D eigenvalue weighted by atomic mass is 9.70. The molecule has 3 atom stereocenters. The van der Waals surface area contributed by atoms with Crippen LogP contribution in [0.4, 0.5) is 0 Å². The molecule has 4 heteroatoms. The third kappa shape index (κ3) is 12.5. The van der Waals surface area contributed by atoms with Gasteiger partial charge in [-0.05, 0) is 77.5 Å². The zero-order chi connectivity index (χ0) is 30.2. The summed E-state index contributed by atoms with van der Waals surface area (Å²) >= 11 is 0. The Hall–Kier alpha value is -3.66. The fraction of sp³-hybridized carbons (Fsp3) is 0.389. The fourth-order valence-corrected chi connectivity index (χ4v) is 4.39. The molecule has 2 aromatic carbocycles. The third-order valence-corrected chi connectivity index (χ3v) is 6.90. The lowest BCUT2D eigenvalue weighted by molar-refractivity contribution is -0.153. The number of hydrogen-bond acceptors (Lipinski definition) is 3. The van der Waals surface area contributed by atoms with Crippen LogP contribution in [0.25, 0.3) is 0 Å². The smallest absolute Gasteiger partial charge is 0.311 e. The van der Waals surface area contributed by atoms with Gasteiger partial charge in [0.05, 0.1) is 12.3 Å². The van der Waals surface area contributed by atoms with Gasteiger partial charge in [0, 0.05) is 5.41 Å². The van der Waals surface area contributed by atoms with Crippen molar-refractivity contribution in [3.63, 3.8) is 0 Å². The largest absolute Gasteiger partial charge is 0.481 e. The highest BCUT2D eigenvalue weighted by Crippen LogP contribution is 2.41. The van der Waals surface area contributed by atoms with Crippen LogP contribution in [0, 0.1) is 5.41 Å². The topological polar surface area (TPSA) is 63.6 Å². The first kappa shape index (κ1) is 34.4. The summed E-state index contributed by atoms with van der Waals surface area (Å²) in [6.07, 6.45) is 11.4. The summed E-state index contributed by atoms with van der Waals surface area (Å²) in [5.74, 6) is -1.57. The molecular weight excluding hydrogens is 496 g/mol. The van der Waals surface area contributed by atoms with Crippen LogP contribution in [0.5, 0.6) is 0 Å². The Morgan fingerprint density at radius 1 is 0.825 bits per heavy atom. The number of aliphatic carboxylic acids is 1. The number of carboxylic acids is 1. The molecule has 0 bridgehead atoms. The van der Waals surface area contributed by atoms with Crippen LogP contribution < -0.4 is 0 Å². The Balaban J connectivity index is 0.000000400. The van der Waals surface area contributed by atoms with Crippen molar-refractivity contribution in [2.75, 3.05) is 0 Å². The lowest BCUT2D eigenvalue weighted by Crippen LogP contribution is -2.30. The zero-order valence-electron chi connectivity index (χ0n) is 25.3. The molecule has 0 spiro atoms. The van der Waals surface area contributed by atoms with E-state index in [0.29, 0.717) is 6.42 Å². The predicted octanol–water partition coefficient (Wildman–Crippen LogP) is 9.26. The Labute approximate surface area is 242 Å². The highest BCUT2D eigenvalue weighted by molar-refractivity contribution is 5.77. The fourth-order valence-electron chi connectivity index (χ4n) is 4.39. The maximum absolute atomic E-state index is 12.0. The molecule has 3 unspecified atom stereocenters. The number of carbonyl (C=O) groups is 2. The van der Waals surface area contributed by atoms with E-state index in [1.807, 2.05) is 74.5 Å². The quantitative estimate of drug-likeness (QED) is 0.190. The summed E-state index contributed by atoms with van der Waals surface area (Å²) in [5.41, 5.74) is 3.26. The molecule has 40 heavy (non-hydrogen) atoms. The third-order valence-electron chi connectivity index (χ3n) is 6.90. The van der Waals surface area contributed by atoms with Gasteiger partial charge < -0.3 is 9.84 Å². The molecule has 2 rings (SSSR count). The second-order valence-electron chi connectivity index (χ2n) is 11.2. The van der Waals surface area contributed by atoms with Gasteiger partial charge in [-0.2, -0.15) is 0 Å². The van der Waals surface area contributed by atoms with E-state index in [9.17, 15) is 14.7 Å². The maximum Gasteiger partial charge on any atom is 0.311 e. The van der Waals surface area contributed by atoms with Gasteiger partial charge in [-0.3, -0.25) is 9.59 Å². The van der Waals surface area contributed by atoms with Crippen molar-refractivity contribution < 1.29 is 19.4 Å². The summed E-state index contributed by atoms with van der Waals surface area (Å²) in [7, 11) is 0. The Kier molecular flexibility index (Phi) is 14.7. The molecule has 4 nitrogen and oxygen atoms in total. The van der Waals surface area contributed by atoms with Crippen LogP contribution in [-0.2, 0) is 20.7 Å². The molecule has 2 aromatic rings. The van der Waals surface area contributed by atoms with Gasteiger partial charge in [0.25, 0.3) is 0 Å². The first-order valence-electron chi connectivity index (χ1n) is 13.9. The molecule has 0 aliphatic rings. The summed E-state index contributed by atoms with van der Waals surface area (Å²) in [6.45, 7) is 19.8. The van der Waals surface area contributed by atoms with Crippen molar-refractivity contribution in [1.82, 2.24) is 0 Å². The summed E-state index contributed by atoms with van der Waals surface area (Å²) in [4.78, 5) is 23.7. The van der Waals surface area contributed by atoms with Crippen molar-refractivity contribution in [3.05, 3.63) is 120 Å². The number of benzene rings is 2. The standard InChI is InChI=1S/2C18H24O2/c1-5-18(4,13-9-10-15(2)3)20-17(19)14-16-11-7-6-8-12-16;1-5-18(4,13-9-10-14(2)3)16(17(19)20)15-11-7-6-8-12-15/h5-8,10-12H,1,9,13-14H2,2-4H3;5-8,10-12,16H,1,9,13H2,2-4H3,(H,19,20). The van der Waals surface area contributed by atoms with E-state index >= 15 is 0 Å². The van der Waals surface area contributed by atoms with E-state index in [2.05, 4.69) is 53.0 Å². The molecule has 0 amide bonds. The maximum atomic E-state index is 12.0. The van der Waals surface area contributed by atoms with E-state index in [-0.39, 0.29) is 5.97 Å². The molecule has 216 valence electrons. The summed E-state index contributed by atoms with van der Waals surface area (Å²) in [6, 6.07) is 19.0. The monoisotopic (exact) mass is 544 g/mol. The zero-order valence-corrected chi connectivity index (χ0v) is 25.3. The van der Waals surface area contributed by atoms with E-state index in [1.165, 1.54) is 11.1 Å². The van der Waals surface area contributed by atoms with E-state index in [4.69, 9.17) is 4.74 Å². The van der Waals surface area contributed by atoms with E-state index in [0.717, 1.165) is 36.8 Å². The molecular formula is C36H48O4. The molecule has 0 saturated heterocycles. The van der Waals surface area contributed by atoms with Crippen LogP contribution in [-0.4, -0.2) is 22.6 Å². The van der Waals surface area contributed by atoms with Gasteiger partial charge in [0.1, 0.15) is 5.60 Å². The minimum atomic E-state index is -0.796. The van der Waals surface area contributed by atoms with Gasteiger partial charge in [-0.25, -0.2) is 0 Å². The second kappa shape index (κ2) is 17.1. The van der Waals surface area contributed by atoms with E-state index < -0.39 is 22.9 Å². The van der Waals surface area contributed by atoms with Crippen molar-refractivity contribution in [1.29, 1.82) is 0 Å². The van der Waals surface area contributed by atoms with Crippen LogP contribution in [0.1, 0.15) is 84.3 Å². The summed E-state index contributed by atoms with van der Waals surface area (Å²) in [5, 5.41) is 9.64. The highest BCUT2D eigenvalue weighted by atomic mass is 16.6. The molecule has 0 aliphatic carbocycles. The van der Waals surface area contributed by atoms with Crippen molar-refractivity contribution in [3.8, 4) is 0 Å². The average molecular weight is 545 g/mol. The van der Waals surface area contributed by atoms with E-state index in [1.54, 1.807) is 12.2 Å². The predicted molar refractivity (Wildman–Crippen MR) is 167 cm³/mol. The normalized spacial score (nSPS) is 14.1.